The molecular weight excluding hydrogens is 476 g/mol. The first kappa shape index (κ1) is 21.9. The van der Waals surface area contributed by atoms with E-state index >= 15 is 0 Å². The van der Waals surface area contributed by atoms with Crippen LogP contribution in [0.3, 0.4) is 0 Å². The number of aryl methyl sites for hydroxylation is 1. The summed E-state index contributed by atoms with van der Waals surface area (Å²) in [5, 5.41) is 1.74. The quantitative estimate of drug-likeness (QED) is 0.327. The summed E-state index contributed by atoms with van der Waals surface area (Å²) in [5.41, 5.74) is 5.27. The fourth-order valence-corrected chi connectivity index (χ4v) is 5.14. The molecule has 1 saturated heterocycles. The van der Waals surface area contributed by atoms with Crippen LogP contribution >= 0.6 is 15.9 Å². The lowest BCUT2D eigenvalue weighted by Crippen LogP contribution is -2.45. The van der Waals surface area contributed by atoms with Gasteiger partial charge in [0.15, 0.2) is 0 Å². The molecule has 0 saturated carbocycles. The van der Waals surface area contributed by atoms with Gasteiger partial charge in [-0.2, -0.15) is 0 Å². The number of hydrogen-bond donors (Lipinski definition) is 0. The van der Waals surface area contributed by atoms with Crippen molar-refractivity contribution in [3.63, 3.8) is 0 Å². The maximum absolute atomic E-state index is 13.5. The normalized spacial score (nSPS) is 18.6. The maximum atomic E-state index is 13.5. The van der Waals surface area contributed by atoms with Crippen molar-refractivity contribution >= 4 is 32.4 Å². The molecule has 2 atom stereocenters. The minimum absolute atomic E-state index is 0.00377. The van der Waals surface area contributed by atoms with Crippen LogP contribution < -0.4 is 10.5 Å². The van der Waals surface area contributed by atoms with Crippen LogP contribution in [0.15, 0.2) is 82.2 Å². The van der Waals surface area contributed by atoms with E-state index in [1.807, 2.05) is 42.6 Å². The summed E-state index contributed by atoms with van der Waals surface area (Å²) >= 11 is 3.50. The number of pyridine rings is 1. The van der Waals surface area contributed by atoms with Gasteiger partial charge >= 0.3 is 0 Å². The van der Waals surface area contributed by atoms with E-state index in [-0.39, 0.29) is 17.8 Å². The van der Waals surface area contributed by atoms with E-state index in [4.69, 9.17) is 4.74 Å². The number of nitrogens with zero attached hydrogens (tertiary/aromatic N) is 2. The average molecular weight is 503 g/mol. The Morgan fingerprint density at radius 3 is 2.18 bits per heavy atom. The van der Waals surface area contributed by atoms with E-state index < -0.39 is 0 Å². The molecule has 1 unspecified atom stereocenters. The second-order valence-electron chi connectivity index (χ2n) is 8.90. The number of anilines is 1. The van der Waals surface area contributed by atoms with Crippen molar-refractivity contribution in [3.05, 3.63) is 93.3 Å². The van der Waals surface area contributed by atoms with Crippen LogP contribution in [0.2, 0.25) is 0 Å². The van der Waals surface area contributed by atoms with Gasteiger partial charge in [0.05, 0.1) is 12.2 Å². The zero-order valence-electron chi connectivity index (χ0n) is 19.1. The molecule has 0 amide bonds. The third kappa shape index (κ3) is 4.23. The summed E-state index contributed by atoms with van der Waals surface area (Å²) in [6.07, 6.45) is 2.37. The van der Waals surface area contributed by atoms with Gasteiger partial charge in [0.2, 0.25) is 0 Å². The molecule has 1 aliphatic heterocycles. The molecule has 0 N–H and O–H groups in total. The Hall–Kier alpha value is -2.89. The number of hydrogen-bond acceptors (Lipinski definition) is 3. The van der Waals surface area contributed by atoms with E-state index in [0.717, 1.165) is 56.4 Å². The van der Waals surface area contributed by atoms with Gasteiger partial charge in [0.1, 0.15) is 0 Å². The Balaban J connectivity index is 1.55. The number of halogens is 1. The minimum atomic E-state index is -0.00377. The molecule has 4 aromatic rings. The molecule has 3 aromatic carbocycles. The topological polar surface area (TPSA) is 34.5 Å². The van der Waals surface area contributed by atoms with Crippen LogP contribution in [-0.2, 0) is 4.74 Å². The van der Waals surface area contributed by atoms with Crippen LogP contribution in [0.1, 0.15) is 19.4 Å². The van der Waals surface area contributed by atoms with Crippen LogP contribution in [0.5, 0.6) is 0 Å². The molecule has 1 fully saturated rings. The third-order valence-corrected chi connectivity index (χ3v) is 6.83. The zero-order valence-corrected chi connectivity index (χ0v) is 20.7. The fraction of sp³-hybridized carbons (Fsp3) is 0.250. The van der Waals surface area contributed by atoms with E-state index in [1.54, 1.807) is 4.57 Å². The SMILES string of the molecule is Cc1cn(-c2ccc(N3CC(C)O[C@H](C)C3)cc2)c(=O)c2cccc(-c3ccc(Br)cc3)c12. The Bertz CT molecular complexity index is 1350. The predicted molar refractivity (Wildman–Crippen MR) is 140 cm³/mol. The Morgan fingerprint density at radius 2 is 1.52 bits per heavy atom. The van der Waals surface area contributed by atoms with E-state index in [0.29, 0.717) is 0 Å². The summed E-state index contributed by atoms with van der Waals surface area (Å²) in [6, 6.07) is 22.5. The monoisotopic (exact) mass is 502 g/mol. The summed E-state index contributed by atoms with van der Waals surface area (Å²) in [4.78, 5) is 15.9. The van der Waals surface area contributed by atoms with Gasteiger partial charge in [-0.1, -0.05) is 40.2 Å². The largest absolute Gasteiger partial charge is 0.372 e. The second kappa shape index (κ2) is 8.81. The molecule has 0 aliphatic carbocycles. The highest BCUT2D eigenvalue weighted by atomic mass is 79.9. The van der Waals surface area contributed by atoms with E-state index in [1.165, 1.54) is 0 Å². The molecular formula is C28H27BrN2O2. The lowest BCUT2D eigenvalue weighted by atomic mass is 9.96. The summed E-state index contributed by atoms with van der Waals surface area (Å²) in [5.74, 6) is 0. The first-order chi connectivity index (χ1) is 15.9. The second-order valence-corrected chi connectivity index (χ2v) is 9.82. The molecule has 4 nitrogen and oxygen atoms in total. The first-order valence-electron chi connectivity index (χ1n) is 11.3. The first-order valence-corrected chi connectivity index (χ1v) is 12.1. The van der Waals surface area contributed by atoms with Crippen molar-refractivity contribution in [2.45, 2.75) is 33.0 Å². The smallest absolute Gasteiger partial charge is 0.262 e. The van der Waals surface area contributed by atoms with E-state index in [9.17, 15) is 4.79 Å². The van der Waals surface area contributed by atoms with Gasteiger partial charge in [-0.3, -0.25) is 9.36 Å². The molecule has 2 heterocycles. The van der Waals surface area contributed by atoms with Crippen LogP contribution in [0, 0.1) is 6.92 Å². The Labute approximate surface area is 202 Å². The highest BCUT2D eigenvalue weighted by Crippen LogP contribution is 2.31. The van der Waals surface area contributed by atoms with Crippen molar-refractivity contribution in [2.24, 2.45) is 0 Å². The van der Waals surface area contributed by atoms with Gasteiger partial charge in [-0.15, -0.1) is 0 Å². The zero-order chi connectivity index (χ0) is 23.1. The van der Waals surface area contributed by atoms with E-state index in [2.05, 4.69) is 71.9 Å². The molecule has 0 bridgehead atoms. The van der Waals surface area contributed by atoms with Crippen LogP contribution in [0.4, 0.5) is 5.69 Å². The molecule has 168 valence electrons. The van der Waals surface area contributed by atoms with Crippen molar-refractivity contribution < 1.29 is 4.74 Å². The van der Waals surface area contributed by atoms with Gasteiger partial charge in [0.25, 0.3) is 5.56 Å². The molecule has 5 heteroatoms. The minimum Gasteiger partial charge on any atom is -0.372 e. The summed E-state index contributed by atoms with van der Waals surface area (Å²) in [7, 11) is 0. The standard InChI is InChI=1S/C28H27BrN2O2/c1-18-15-31(24-13-11-23(12-14-24)30-16-19(2)33-20(3)17-30)28(32)26-6-4-5-25(27(18)26)21-7-9-22(29)10-8-21/h4-15,19-20H,16-17H2,1-3H3/t19-,20?/m1/s1. The van der Waals surface area contributed by atoms with Gasteiger partial charge in [-0.05, 0) is 85.3 Å². The van der Waals surface area contributed by atoms with Gasteiger partial charge in [-0.25, -0.2) is 0 Å². The lowest BCUT2D eigenvalue weighted by Gasteiger charge is -2.36. The van der Waals surface area contributed by atoms with Crippen molar-refractivity contribution in [1.29, 1.82) is 0 Å². The number of ether oxygens (including phenoxy) is 1. The maximum Gasteiger partial charge on any atom is 0.262 e. The number of aromatic nitrogens is 1. The number of rotatable bonds is 3. The third-order valence-electron chi connectivity index (χ3n) is 6.30. The lowest BCUT2D eigenvalue weighted by molar-refractivity contribution is -0.00521. The molecule has 0 spiro atoms. The average Bonchev–Trinajstić information content (AvgIpc) is 2.81. The summed E-state index contributed by atoms with van der Waals surface area (Å²) < 4.78 is 8.66. The van der Waals surface area contributed by atoms with Gasteiger partial charge in [0, 0.05) is 40.5 Å². The number of benzene rings is 3. The van der Waals surface area contributed by atoms with Gasteiger partial charge < -0.3 is 9.64 Å². The molecule has 0 radical (unpaired) electrons. The molecule has 1 aliphatic rings. The van der Waals surface area contributed by atoms with Crippen LogP contribution in [0.25, 0.3) is 27.6 Å². The molecule has 5 rings (SSSR count). The van der Waals surface area contributed by atoms with Crippen molar-refractivity contribution in [1.82, 2.24) is 4.57 Å². The Kier molecular flexibility index (Phi) is 5.85. The highest BCUT2D eigenvalue weighted by molar-refractivity contribution is 9.10. The summed E-state index contributed by atoms with van der Waals surface area (Å²) in [6.45, 7) is 8.04. The predicted octanol–water partition coefficient (Wildman–Crippen LogP) is 6.34. The Morgan fingerprint density at radius 1 is 0.879 bits per heavy atom. The fourth-order valence-electron chi connectivity index (χ4n) is 4.88. The highest BCUT2D eigenvalue weighted by Gasteiger charge is 2.22. The molecule has 1 aromatic heterocycles. The van der Waals surface area contributed by atoms with Crippen molar-refractivity contribution in [3.8, 4) is 16.8 Å². The van der Waals surface area contributed by atoms with Crippen molar-refractivity contribution in [2.75, 3.05) is 18.0 Å². The number of morpholine rings is 1. The molecule has 33 heavy (non-hydrogen) atoms. The van der Waals surface area contributed by atoms with Crippen LogP contribution in [-0.4, -0.2) is 29.9 Å². The number of fused-ring (bicyclic) bond motifs is 1.